The molecule has 1 saturated carbocycles. The number of hydrazone groups is 1. The number of fused-ring (bicyclic) bond motifs is 1. The Balaban J connectivity index is 1.53. The summed E-state index contributed by atoms with van der Waals surface area (Å²) in [7, 11) is 0. The van der Waals surface area contributed by atoms with E-state index in [9.17, 15) is 4.79 Å². The van der Waals surface area contributed by atoms with Crippen molar-refractivity contribution in [3.8, 4) is 0 Å². The highest BCUT2D eigenvalue weighted by Crippen LogP contribution is 2.37. The number of carbonyl (C=O) groups is 1. The molecule has 2 aliphatic heterocycles. The summed E-state index contributed by atoms with van der Waals surface area (Å²) in [5.74, 6) is 0.00821. The van der Waals surface area contributed by atoms with Gasteiger partial charge in [0.05, 0.1) is 11.9 Å². The molecule has 3 aliphatic rings. The van der Waals surface area contributed by atoms with Crippen LogP contribution in [0.5, 0.6) is 0 Å². The van der Waals surface area contributed by atoms with Crippen molar-refractivity contribution in [2.45, 2.75) is 32.0 Å². The standard InChI is InChI=1S/C23H27N5O/c1-16-6-7-17(22(29)26-19-8-9-19)14-21(16)28-23(27-12-10-24-11-13-27)20-5-3-2-4-18(20)15-25-28/h2-7,14-15,19,23-24H,8-13H2,1H3,(H,26,29). The van der Waals surface area contributed by atoms with E-state index in [1.807, 2.05) is 24.4 Å². The first-order valence-corrected chi connectivity index (χ1v) is 10.5. The van der Waals surface area contributed by atoms with E-state index in [2.05, 4.69) is 51.7 Å². The number of benzene rings is 2. The average Bonchev–Trinajstić information content (AvgIpc) is 3.58. The smallest absolute Gasteiger partial charge is 0.251 e. The second-order valence-electron chi connectivity index (χ2n) is 8.13. The van der Waals surface area contributed by atoms with Gasteiger partial charge < -0.3 is 10.6 Å². The van der Waals surface area contributed by atoms with Crippen molar-refractivity contribution in [2.75, 3.05) is 31.2 Å². The van der Waals surface area contributed by atoms with E-state index in [0.29, 0.717) is 11.6 Å². The molecule has 1 saturated heterocycles. The van der Waals surface area contributed by atoms with Crippen molar-refractivity contribution in [1.29, 1.82) is 0 Å². The van der Waals surface area contributed by atoms with E-state index < -0.39 is 0 Å². The number of aryl methyl sites for hydroxylation is 1. The van der Waals surface area contributed by atoms with Crippen LogP contribution in [0.15, 0.2) is 47.6 Å². The molecule has 1 aliphatic carbocycles. The minimum absolute atomic E-state index is 0.00821. The van der Waals surface area contributed by atoms with Gasteiger partial charge in [0.2, 0.25) is 0 Å². The van der Waals surface area contributed by atoms with E-state index in [1.54, 1.807) is 0 Å². The monoisotopic (exact) mass is 389 g/mol. The van der Waals surface area contributed by atoms with Crippen LogP contribution in [-0.4, -0.2) is 49.2 Å². The first-order chi connectivity index (χ1) is 14.2. The highest BCUT2D eigenvalue weighted by molar-refractivity contribution is 5.96. The molecule has 0 radical (unpaired) electrons. The molecule has 5 rings (SSSR count). The summed E-state index contributed by atoms with van der Waals surface area (Å²) in [5, 5.41) is 13.5. The number of anilines is 1. The Kier molecular flexibility index (Phi) is 4.81. The van der Waals surface area contributed by atoms with Crippen LogP contribution in [0.3, 0.4) is 0 Å². The van der Waals surface area contributed by atoms with Crippen molar-refractivity contribution in [2.24, 2.45) is 5.10 Å². The lowest BCUT2D eigenvalue weighted by molar-refractivity contribution is 0.0951. The zero-order chi connectivity index (χ0) is 19.8. The SMILES string of the molecule is Cc1ccc(C(=O)NC2CC2)cc1N1N=Cc2ccccc2C1N1CCNCC1. The maximum atomic E-state index is 12.6. The van der Waals surface area contributed by atoms with Crippen molar-refractivity contribution in [3.63, 3.8) is 0 Å². The molecule has 150 valence electrons. The van der Waals surface area contributed by atoms with Gasteiger partial charge in [0.15, 0.2) is 0 Å². The molecule has 0 spiro atoms. The molecule has 1 unspecified atom stereocenters. The molecule has 1 amide bonds. The Morgan fingerprint density at radius 3 is 2.72 bits per heavy atom. The number of hydrogen-bond donors (Lipinski definition) is 2. The van der Waals surface area contributed by atoms with Gasteiger partial charge in [0.1, 0.15) is 6.17 Å². The fourth-order valence-corrected chi connectivity index (χ4v) is 4.15. The summed E-state index contributed by atoms with van der Waals surface area (Å²) < 4.78 is 0. The van der Waals surface area contributed by atoms with Gasteiger partial charge in [0, 0.05) is 43.3 Å². The number of nitrogens with one attached hydrogen (secondary N) is 2. The first-order valence-electron chi connectivity index (χ1n) is 10.5. The number of nitrogens with zero attached hydrogens (tertiary/aromatic N) is 3. The van der Waals surface area contributed by atoms with E-state index in [-0.39, 0.29) is 12.1 Å². The van der Waals surface area contributed by atoms with Crippen molar-refractivity contribution in [3.05, 3.63) is 64.7 Å². The molecule has 6 nitrogen and oxygen atoms in total. The normalized spacial score (nSPS) is 21.7. The molecule has 2 aromatic rings. The van der Waals surface area contributed by atoms with Crippen LogP contribution < -0.4 is 15.6 Å². The van der Waals surface area contributed by atoms with Crippen LogP contribution in [0, 0.1) is 6.92 Å². The maximum absolute atomic E-state index is 12.6. The molecule has 0 aromatic heterocycles. The Hall–Kier alpha value is -2.70. The van der Waals surface area contributed by atoms with E-state index in [4.69, 9.17) is 5.10 Å². The summed E-state index contributed by atoms with van der Waals surface area (Å²) in [6.07, 6.45) is 4.13. The molecular weight excluding hydrogens is 362 g/mol. The number of rotatable bonds is 4. The van der Waals surface area contributed by atoms with Gasteiger partial charge in [-0.2, -0.15) is 5.10 Å². The van der Waals surface area contributed by atoms with Crippen molar-refractivity contribution < 1.29 is 4.79 Å². The van der Waals surface area contributed by atoms with Gasteiger partial charge in [-0.3, -0.25) is 9.69 Å². The highest BCUT2D eigenvalue weighted by Gasteiger charge is 2.33. The molecule has 2 N–H and O–H groups in total. The Morgan fingerprint density at radius 2 is 1.93 bits per heavy atom. The van der Waals surface area contributed by atoms with Crippen LogP contribution in [0.2, 0.25) is 0 Å². The maximum Gasteiger partial charge on any atom is 0.251 e. The fraction of sp³-hybridized carbons (Fsp3) is 0.391. The molecule has 0 bridgehead atoms. The van der Waals surface area contributed by atoms with E-state index >= 15 is 0 Å². The average molecular weight is 390 g/mol. The lowest BCUT2D eigenvalue weighted by atomic mass is 10.0. The lowest BCUT2D eigenvalue weighted by Gasteiger charge is -2.43. The van der Waals surface area contributed by atoms with Crippen LogP contribution in [-0.2, 0) is 0 Å². The third-order valence-electron chi connectivity index (χ3n) is 5.96. The third kappa shape index (κ3) is 3.66. The molecular formula is C23H27N5O. The molecule has 2 heterocycles. The molecule has 1 atom stereocenters. The van der Waals surface area contributed by atoms with E-state index in [0.717, 1.165) is 55.8 Å². The molecule has 29 heavy (non-hydrogen) atoms. The number of hydrogen-bond acceptors (Lipinski definition) is 5. The summed E-state index contributed by atoms with van der Waals surface area (Å²) in [4.78, 5) is 15.1. The van der Waals surface area contributed by atoms with Crippen LogP contribution in [0.1, 0.15) is 46.1 Å². The summed E-state index contributed by atoms with van der Waals surface area (Å²) in [6, 6.07) is 14.8. The second kappa shape index (κ2) is 7.61. The predicted molar refractivity (Wildman–Crippen MR) is 115 cm³/mol. The van der Waals surface area contributed by atoms with Gasteiger partial charge in [-0.05, 0) is 43.0 Å². The minimum Gasteiger partial charge on any atom is -0.349 e. The second-order valence-corrected chi connectivity index (χ2v) is 8.13. The predicted octanol–water partition coefficient (Wildman–Crippen LogP) is 2.65. The quantitative estimate of drug-likeness (QED) is 0.844. The third-order valence-corrected chi connectivity index (χ3v) is 5.96. The van der Waals surface area contributed by atoms with Gasteiger partial charge in [-0.1, -0.05) is 30.3 Å². The summed E-state index contributed by atoms with van der Waals surface area (Å²) in [5.41, 5.74) is 5.22. The van der Waals surface area contributed by atoms with Crippen LogP contribution in [0.4, 0.5) is 5.69 Å². The Morgan fingerprint density at radius 1 is 1.14 bits per heavy atom. The highest BCUT2D eigenvalue weighted by atomic mass is 16.1. The lowest BCUT2D eigenvalue weighted by Crippen LogP contribution is -2.50. The van der Waals surface area contributed by atoms with E-state index in [1.165, 1.54) is 5.56 Å². The zero-order valence-electron chi connectivity index (χ0n) is 16.8. The number of piperazine rings is 1. The largest absolute Gasteiger partial charge is 0.349 e. The molecule has 2 fully saturated rings. The van der Waals surface area contributed by atoms with Gasteiger partial charge in [-0.25, -0.2) is 5.01 Å². The van der Waals surface area contributed by atoms with Crippen LogP contribution in [0.25, 0.3) is 0 Å². The number of amides is 1. The Labute approximate surface area is 171 Å². The first kappa shape index (κ1) is 18.3. The topological polar surface area (TPSA) is 60.0 Å². The Bertz CT molecular complexity index is 946. The zero-order valence-corrected chi connectivity index (χ0v) is 16.8. The van der Waals surface area contributed by atoms with Crippen molar-refractivity contribution >= 4 is 17.8 Å². The van der Waals surface area contributed by atoms with Gasteiger partial charge >= 0.3 is 0 Å². The van der Waals surface area contributed by atoms with Crippen LogP contribution >= 0.6 is 0 Å². The van der Waals surface area contributed by atoms with Crippen molar-refractivity contribution in [1.82, 2.24) is 15.5 Å². The molecule has 6 heteroatoms. The number of carbonyl (C=O) groups excluding carboxylic acids is 1. The summed E-state index contributed by atoms with van der Waals surface area (Å²) in [6.45, 7) is 5.96. The molecule has 2 aromatic carbocycles. The summed E-state index contributed by atoms with van der Waals surface area (Å²) >= 11 is 0. The van der Waals surface area contributed by atoms with Gasteiger partial charge in [-0.15, -0.1) is 0 Å². The fourth-order valence-electron chi connectivity index (χ4n) is 4.15. The minimum atomic E-state index is 0.00821. The van der Waals surface area contributed by atoms with Gasteiger partial charge in [0.25, 0.3) is 5.91 Å².